The number of amides is 1. The number of aliphatic hydroxyl groups is 1. The van der Waals surface area contributed by atoms with Crippen molar-refractivity contribution in [1.82, 2.24) is 0 Å². The van der Waals surface area contributed by atoms with Crippen LogP contribution in [0.1, 0.15) is 16.5 Å². The fourth-order valence-corrected chi connectivity index (χ4v) is 4.75. The van der Waals surface area contributed by atoms with Gasteiger partial charge in [0.05, 0.1) is 15.6 Å². The van der Waals surface area contributed by atoms with Gasteiger partial charge in [-0.1, -0.05) is 51.3 Å². The first-order valence-electron chi connectivity index (χ1n) is 8.44. The average Bonchev–Trinajstić information content (AvgIpc) is 3.31. The Morgan fingerprint density at radius 3 is 2.48 bits per heavy atom. The lowest BCUT2D eigenvalue weighted by molar-refractivity contribution is -0.132. The summed E-state index contributed by atoms with van der Waals surface area (Å²) >= 11 is 16.8. The predicted molar refractivity (Wildman–Crippen MR) is 120 cm³/mol. The molecule has 0 radical (unpaired) electrons. The fraction of sp³-hybridized carbons (Fsp3) is 0.0476. The van der Waals surface area contributed by atoms with Crippen molar-refractivity contribution in [2.45, 2.75) is 6.04 Å². The lowest BCUT2D eigenvalue weighted by atomic mass is 9.99. The number of aliphatic hydroxyl groups excluding tert-OH is 1. The van der Waals surface area contributed by atoms with Crippen LogP contribution in [0.4, 0.5) is 5.69 Å². The molecule has 0 spiro atoms. The number of thiophene rings is 1. The molecule has 2 aromatic carbocycles. The van der Waals surface area contributed by atoms with Gasteiger partial charge < -0.3 is 5.11 Å². The minimum Gasteiger partial charge on any atom is -0.507 e. The van der Waals surface area contributed by atoms with Gasteiger partial charge in [0.1, 0.15) is 11.8 Å². The van der Waals surface area contributed by atoms with E-state index in [1.807, 2.05) is 23.6 Å². The van der Waals surface area contributed by atoms with Crippen molar-refractivity contribution in [2.75, 3.05) is 4.90 Å². The van der Waals surface area contributed by atoms with E-state index in [9.17, 15) is 14.7 Å². The first kappa shape index (κ1) is 20.2. The molecule has 1 unspecified atom stereocenters. The minimum atomic E-state index is -0.757. The maximum atomic E-state index is 13.0. The zero-order valence-electron chi connectivity index (χ0n) is 14.6. The number of rotatable bonds is 3. The predicted octanol–water partition coefficient (Wildman–Crippen LogP) is 6.44. The quantitative estimate of drug-likeness (QED) is 0.251. The molecule has 1 aliphatic rings. The molecule has 1 aliphatic heterocycles. The fourth-order valence-electron chi connectivity index (χ4n) is 3.24. The maximum Gasteiger partial charge on any atom is 0.300 e. The van der Waals surface area contributed by atoms with Crippen molar-refractivity contribution in [3.8, 4) is 0 Å². The second-order valence-corrected chi connectivity index (χ2v) is 9.00. The standard InChI is InChI=1S/C21H12BrCl2NO3S/c22-12-3-1-4-13(10-12)25-18(16-5-2-8-29-16)17(20(27)21(25)28)19(26)11-6-7-14(23)15(24)9-11/h1-10,18,26H/b19-17-. The van der Waals surface area contributed by atoms with Gasteiger partial charge in [0.2, 0.25) is 0 Å². The molecule has 2 heterocycles. The van der Waals surface area contributed by atoms with Crippen LogP contribution in [0.5, 0.6) is 0 Å². The molecule has 1 saturated heterocycles. The molecule has 1 aromatic heterocycles. The first-order valence-corrected chi connectivity index (χ1v) is 10.9. The van der Waals surface area contributed by atoms with Gasteiger partial charge in [-0.2, -0.15) is 0 Å². The number of carbonyl (C=O) groups is 2. The lowest BCUT2D eigenvalue weighted by Crippen LogP contribution is -2.29. The molecule has 29 heavy (non-hydrogen) atoms. The van der Waals surface area contributed by atoms with Gasteiger partial charge in [-0.25, -0.2) is 0 Å². The molecule has 1 atom stereocenters. The summed E-state index contributed by atoms with van der Waals surface area (Å²) in [5.74, 6) is -1.76. The SMILES string of the molecule is O=C1C(=O)N(c2cccc(Br)c2)C(c2cccs2)/C1=C(/O)c1ccc(Cl)c(Cl)c1. The number of benzene rings is 2. The topological polar surface area (TPSA) is 57.6 Å². The van der Waals surface area contributed by atoms with Gasteiger partial charge in [0, 0.05) is 20.6 Å². The number of hydrogen-bond donors (Lipinski definition) is 1. The number of nitrogens with zero attached hydrogens (tertiary/aromatic N) is 1. The molecule has 1 amide bonds. The average molecular weight is 509 g/mol. The Morgan fingerprint density at radius 1 is 1.03 bits per heavy atom. The molecule has 1 N–H and O–H groups in total. The van der Waals surface area contributed by atoms with Crippen LogP contribution in [0.2, 0.25) is 10.0 Å². The van der Waals surface area contributed by atoms with E-state index in [2.05, 4.69) is 15.9 Å². The summed E-state index contributed by atoms with van der Waals surface area (Å²) < 4.78 is 0.770. The Kier molecular flexibility index (Phi) is 5.53. The van der Waals surface area contributed by atoms with Gasteiger partial charge in [0.25, 0.3) is 11.7 Å². The number of halogens is 3. The van der Waals surface area contributed by atoms with Crippen molar-refractivity contribution in [1.29, 1.82) is 0 Å². The molecule has 4 nitrogen and oxygen atoms in total. The van der Waals surface area contributed by atoms with E-state index in [0.717, 1.165) is 9.35 Å². The first-order chi connectivity index (χ1) is 13.9. The molecule has 0 saturated carbocycles. The van der Waals surface area contributed by atoms with Crippen molar-refractivity contribution >= 4 is 73.6 Å². The third-order valence-electron chi connectivity index (χ3n) is 4.54. The van der Waals surface area contributed by atoms with Crippen LogP contribution in [0.15, 0.2) is 70.0 Å². The third-order valence-corrected chi connectivity index (χ3v) is 6.69. The Balaban J connectivity index is 1.94. The summed E-state index contributed by atoms with van der Waals surface area (Å²) in [6.45, 7) is 0. The molecule has 4 rings (SSSR count). The van der Waals surface area contributed by atoms with E-state index >= 15 is 0 Å². The van der Waals surface area contributed by atoms with Crippen molar-refractivity contribution in [3.63, 3.8) is 0 Å². The Hall–Kier alpha value is -2.12. The normalized spacial score (nSPS) is 18.4. The van der Waals surface area contributed by atoms with Gasteiger partial charge in [-0.05, 0) is 47.8 Å². The van der Waals surface area contributed by atoms with Crippen LogP contribution < -0.4 is 4.90 Å². The third kappa shape index (κ3) is 3.62. The monoisotopic (exact) mass is 507 g/mol. The summed E-state index contributed by atoms with van der Waals surface area (Å²) in [5, 5.41) is 13.4. The molecule has 0 aliphatic carbocycles. The molecule has 1 fully saturated rings. The van der Waals surface area contributed by atoms with Crippen LogP contribution in [-0.2, 0) is 9.59 Å². The second-order valence-electron chi connectivity index (χ2n) is 6.29. The van der Waals surface area contributed by atoms with E-state index in [-0.39, 0.29) is 16.4 Å². The highest BCUT2D eigenvalue weighted by molar-refractivity contribution is 9.10. The zero-order chi connectivity index (χ0) is 20.7. The number of Topliss-reactive ketones (excluding diaryl/α,β-unsaturated/α-hetero) is 1. The smallest absolute Gasteiger partial charge is 0.300 e. The van der Waals surface area contributed by atoms with Crippen molar-refractivity contribution in [3.05, 3.63) is 90.5 Å². The molecule has 8 heteroatoms. The van der Waals surface area contributed by atoms with Gasteiger partial charge in [0.15, 0.2) is 0 Å². The highest BCUT2D eigenvalue weighted by Gasteiger charge is 2.47. The van der Waals surface area contributed by atoms with E-state index in [0.29, 0.717) is 16.3 Å². The molecular formula is C21H12BrCl2NO3S. The van der Waals surface area contributed by atoms with Crippen molar-refractivity contribution < 1.29 is 14.7 Å². The van der Waals surface area contributed by atoms with E-state index in [4.69, 9.17) is 23.2 Å². The second kappa shape index (κ2) is 7.95. The summed E-state index contributed by atoms with van der Waals surface area (Å²) in [6, 6.07) is 14.6. The maximum absolute atomic E-state index is 13.0. The zero-order valence-corrected chi connectivity index (χ0v) is 18.5. The van der Waals surface area contributed by atoms with Gasteiger partial charge >= 0.3 is 0 Å². The molecular weight excluding hydrogens is 497 g/mol. The van der Waals surface area contributed by atoms with Gasteiger partial charge in [-0.3, -0.25) is 14.5 Å². The van der Waals surface area contributed by atoms with Crippen LogP contribution in [0, 0.1) is 0 Å². The van der Waals surface area contributed by atoms with Crippen LogP contribution >= 0.6 is 50.5 Å². The lowest BCUT2D eigenvalue weighted by Gasteiger charge is -2.24. The number of hydrogen-bond acceptors (Lipinski definition) is 4. The Morgan fingerprint density at radius 2 is 1.83 bits per heavy atom. The summed E-state index contributed by atoms with van der Waals surface area (Å²) in [6.07, 6.45) is 0. The summed E-state index contributed by atoms with van der Waals surface area (Å²) in [7, 11) is 0. The van der Waals surface area contributed by atoms with Crippen LogP contribution in [0.25, 0.3) is 5.76 Å². The number of anilines is 1. The van der Waals surface area contributed by atoms with E-state index in [1.165, 1.54) is 28.4 Å². The van der Waals surface area contributed by atoms with E-state index < -0.39 is 17.7 Å². The van der Waals surface area contributed by atoms with Crippen molar-refractivity contribution in [2.24, 2.45) is 0 Å². The largest absolute Gasteiger partial charge is 0.507 e. The Labute approximate surface area is 189 Å². The Bertz CT molecular complexity index is 1160. The molecule has 146 valence electrons. The van der Waals surface area contributed by atoms with Crippen LogP contribution in [-0.4, -0.2) is 16.8 Å². The van der Waals surface area contributed by atoms with Crippen LogP contribution in [0.3, 0.4) is 0 Å². The molecule has 0 bridgehead atoms. The minimum absolute atomic E-state index is 0.0100. The highest BCUT2D eigenvalue weighted by Crippen LogP contribution is 2.44. The molecule has 3 aromatic rings. The number of carbonyl (C=O) groups excluding carboxylic acids is 2. The summed E-state index contributed by atoms with van der Waals surface area (Å²) in [5.41, 5.74) is 0.872. The summed E-state index contributed by atoms with van der Waals surface area (Å²) in [4.78, 5) is 28.1. The number of ketones is 1. The highest BCUT2D eigenvalue weighted by atomic mass is 79.9. The van der Waals surface area contributed by atoms with Gasteiger partial charge in [-0.15, -0.1) is 11.3 Å². The van der Waals surface area contributed by atoms with E-state index in [1.54, 1.807) is 24.3 Å².